The first-order valence-corrected chi connectivity index (χ1v) is 7.53. The van der Waals surface area contributed by atoms with Gasteiger partial charge < -0.3 is 14.6 Å². The van der Waals surface area contributed by atoms with Gasteiger partial charge in [0, 0.05) is 18.9 Å². The van der Waals surface area contributed by atoms with E-state index in [0.717, 1.165) is 5.69 Å². The Hall–Kier alpha value is -2.47. The minimum Gasteiger partial charge on any atom is -0.494 e. The van der Waals surface area contributed by atoms with E-state index in [1.54, 1.807) is 7.11 Å². The predicted molar refractivity (Wildman–Crippen MR) is 89.2 cm³/mol. The fraction of sp³-hybridized carbons (Fsp3) is 0.125. The van der Waals surface area contributed by atoms with Crippen LogP contribution in [0.15, 0.2) is 52.5 Å². The number of methoxy groups -OCH3 is 1. The van der Waals surface area contributed by atoms with E-state index in [9.17, 15) is 4.79 Å². The Labute approximate surface area is 132 Å². The van der Waals surface area contributed by atoms with Gasteiger partial charge in [-0.05, 0) is 42.1 Å². The number of aliphatic imine (C=N–C) groups is 1. The molecule has 0 radical (unpaired) electrons. The van der Waals surface area contributed by atoms with E-state index >= 15 is 0 Å². The number of thioether (sulfide) groups is 1. The second-order valence-electron chi connectivity index (χ2n) is 4.70. The third-order valence-electron chi connectivity index (χ3n) is 3.22. The van der Waals surface area contributed by atoms with Crippen molar-refractivity contribution in [2.45, 2.75) is 0 Å². The molecule has 2 aromatic rings. The summed E-state index contributed by atoms with van der Waals surface area (Å²) in [5, 5.41) is 3.33. The summed E-state index contributed by atoms with van der Waals surface area (Å²) in [5.74, 6) is 0.532. The van der Waals surface area contributed by atoms with Gasteiger partial charge >= 0.3 is 0 Å². The van der Waals surface area contributed by atoms with Crippen molar-refractivity contribution >= 4 is 34.6 Å². The molecule has 5 nitrogen and oxygen atoms in total. The molecule has 1 saturated heterocycles. The Morgan fingerprint density at radius 1 is 1.27 bits per heavy atom. The molecule has 6 heteroatoms. The van der Waals surface area contributed by atoms with Crippen molar-refractivity contribution in [1.29, 1.82) is 0 Å². The second-order valence-corrected chi connectivity index (χ2v) is 5.73. The molecule has 1 N–H and O–H groups in total. The molecule has 1 amide bonds. The van der Waals surface area contributed by atoms with Gasteiger partial charge in [-0.2, -0.15) is 0 Å². The van der Waals surface area contributed by atoms with E-state index in [0.29, 0.717) is 21.5 Å². The molecule has 1 aromatic carbocycles. The first-order chi connectivity index (χ1) is 10.7. The predicted octanol–water partition coefficient (Wildman–Crippen LogP) is 2.93. The van der Waals surface area contributed by atoms with Gasteiger partial charge in [0.2, 0.25) is 0 Å². The van der Waals surface area contributed by atoms with Crippen molar-refractivity contribution in [3.63, 3.8) is 0 Å². The highest BCUT2D eigenvalue weighted by molar-refractivity contribution is 8.18. The molecule has 0 unspecified atom stereocenters. The van der Waals surface area contributed by atoms with Crippen LogP contribution in [0.2, 0.25) is 0 Å². The number of nitrogens with zero attached hydrogens (tertiary/aromatic N) is 2. The van der Waals surface area contributed by atoms with Crippen LogP contribution in [0.5, 0.6) is 5.75 Å². The normalized spacial score (nSPS) is 18.0. The number of aromatic nitrogens is 1. The van der Waals surface area contributed by atoms with Crippen molar-refractivity contribution in [1.82, 2.24) is 9.88 Å². The zero-order valence-corrected chi connectivity index (χ0v) is 13.1. The molecule has 112 valence electrons. The van der Waals surface area contributed by atoms with Crippen molar-refractivity contribution in [2.24, 2.45) is 12.0 Å². The number of rotatable bonds is 3. The average molecular weight is 313 g/mol. The molecular weight excluding hydrogens is 298 g/mol. The maximum Gasteiger partial charge on any atom is 0.264 e. The lowest BCUT2D eigenvalue weighted by molar-refractivity contribution is -0.115. The minimum absolute atomic E-state index is 0.139. The molecule has 0 saturated carbocycles. The van der Waals surface area contributed by atoms with Crippen LogP contribution >= 0.6 is 11.8 Å². The van der Waals surface area contributed by atoms with Crippen molar-refractivity contribution in [3.05, 3.63) is 53.2 Å². The van der Waals surface area contributed by atoms with Crippen molar-refractivity contribution < 1.29 is 9.53 Å². The van der Waals surface area contributed by atoms with E-state index < -0.39 is 0 Å². The SMILES string of the molecule is COc1ccccc1N=C1NC(=O)C(=Cc2cccn2C)S1. The number of carbonyl (C=O) groups is 1. The molecular formula is C16H15N3O2S. The van der Waals surface area contributed by atoms with Crippen LogP contribution in [-0.2, 0) is 11.8 Å². The maximum absolute atomic E-state index is 12.0. The van der Waals surface area contributed by atoms with E-state index in [2.05, 4.69) is 10.3 Å². The largest absolute Gasteiger partial charge is 0.494 e. The number of hydrogen-bond donors (Lipinski definition) is 1. The van der Waals surface area contributed by atoms with Gasteiger partial charge in [-0.1, -0.05) is 12.1 Å². The smallest absolute Gasteiger partial charge is 0.264 e. The number of benzene rings is 1. The van der Waals surface area contributed by atoms with Crippen LogP contribution in [0.1, 0.15) is 5.69 Å². The van der Waals surface area contributed by atoms with Crippen LogP contribution in [0.3, 0.4) is 0 Å². The number of nitrogens with one attached hydrogen (secondary N) is 1. The molecule has 1 aromatic heterocycles. The lowest BCUT2D eigenvalue weighted by Gasteiger charge is -2.03. The number of para-hydroxylation sites is 2. The van der Waals surface area contributed by atoms with Gasteiger partial charge in [-0.15, -0.1) is 0 Å². The Kier molecular flexibility index (Phi) is 4.02. The van der Waals surface area contributed by atoms with Crippen LogP contribution in [0.4, 0.5) is 5.69 Å². The minimum atomic E-state index is -0.139. The van der Waals surface area contributed by atoms with Gasteiger partial charge in [0.15, 0.2) is 5.17 Å². The van der Waals surface area contributed by atoms with E-state index in [4.69, 9.17) is 4.74 Å². The van der Waals surface area contributed by atoms with E-state index in [-0.39, 0.29) is 5.91 Å². The Bertz CT molecular complexity index is 777. The van der Waals surface area contributed by atoms with Gasteiger partial charge in [-0.25, -0.2) is 4.99 Å². The first-order valence-electron chi connectivity index (χ1n) is 6.71. The van der Waals surface area contributed by atoms with E-state index in [1.165, 1.54) is 11.8 Å². The first kappa shape index (κ1) is 14.5. The summed E-state index contributed by atoms with van der Waals surface area (Å²) < 4.78 is 7.22. The summed E-state index contributed by atoms with van der Waals surface area (Å²) in [6.07, 6.45) is 3.79. The molecule has 22 heavy (non-hydrogen) atoms. The molecule has 0 atom stereocenters. The van der Waals surface area contributed by atoms with Gasteiger partial charge in [0.1, 0.15) is 11.4 Å². The quantitative estimate of drug-likeness (QED) is 0.887. The summed E-state index contributed by atoms with van der Waals surface area (Å²) in [5.41, 5.74) is 1.66. The van der Waals surface area contributed by atoms with Crippen molar-refractivity contribution in [2.75, 3.05) is 7.11 Å². The molecule has 1 aliphatic heterocycles. The third kappa shape index (κ3) is 2.92. The number of aryl methyl sites for hydroxylation is 1. The highest BCUT2D eigenvalue weighted by Crippen LogP contribution is 2.31. The summed E-state index contributed by atoms with van der Waals surface area (Å²) in [6, 6.07) is 11.3. The zero-order chi connectivity index (χ0) is 15.5. The Morgan fingerprint density at radius 3 is 2.82 bits per heavy atom. The molecule has 0 aliphatic carbocycles. The van der Waals surface area contributed by atoms with Gasteiger partial charge in [0.05, 0.1) is 12.0 Å². The van der Waals surface area contributed by atoms with E-state index in [1.807, 2.05) is 60.3 Å². The van der Waals surface area contributed by atoms with Crippen LogP contribution in [-0.4, -0.2) is 22.8 Å². The third-order valence-corrected chi connectivity index (χ3v) is 4.13. The number of amides is 1. The maximum atomic E-state index is 12.0. The van der Waals surface area contributed by atoms with Crippen LogP contribution in [0.25, 0.3) is 6.08 Å². The number of hydrogen-bond acceptors (Lipinski definition) is 4. The number of carbonyl (C=O) groups excluding carboxylic acids is 1. The van der Waals surface area contributed by atoms with Crippen molar-refractivity contribution in [3.8, 4) is 5.75 Å². The topological polar surface area (TPSA) is 55.6 Å². The van der Waals surface area contributed by atoms with Crippen LogP contribution in [0, 0.1) is 0 Å². The summed E-state index contributed by atoms with van der Waals surface area (Å²) in [7, 11) is 3.54. The number of ether oxygens (including phenoxy) is 1. The lowest BCUT2D eigenvalue weighted by Crippen LogP contribution is -2.19. The fourth-order valence-electron chi connectivity index (χ4n) is 2.07. The zero-order valence-electron chi connectivity index (χ0n) is 12.2. The monoisotopic (exact) mass is 313 g/mol. The summed E-state index contributed by atoms with van der Waals surface area (Å²) in [4.78, 5) is 17.1. The number of amidine groups is 1. The lowest BCUT2D eigenvalue weighted by atomic mass is 10.3. The average Bonchev–Trinajstić information content (AvgIpc) is 3.07. The van der Waals surface area contributed by atoms with Gasteiger partial charge in [0.25, 0.3) is 5.91 Å². The molecule has 2 heterocycles. The Morgan fingerprint density at radius 2 is 2.09 bits per heavy atom. The molecule has 0 spiro atoms. The highest BCUT2D eigenvalue weighted by atomic mass is 32.2. The molecule has 3 rings (SSSR count). The van der Waals surface area contributed by atoms with Gasteiger partial charge in [-0.3, -0.25) is 4.79 Å². The fourth-order valence-corrected chi connectivity index (χ4v) is 2.89. The summed E-state index contributed by atoms with van der Waals surface area (Å²) >= 11 is 1.32. The molecule has 0 bridgehead atoms. The Balaban J connectivity index is 1.87. The second kappa shape index (κ2) is 6.11. The molecule has 1 aliphatic rings. The molecule has 1 fully saturated rings. The highest BCUT2D eigenvalue weighted by Gasteiger charge is 2.24. The standard InChI is InChI=1S/C16H15N3O2S/c1-19-9-5-6-11(19)10-14-15(20)18-16(22-14)17-12-7-3-4-8-13(12)21-2/h3-10H,1-2H3,(H,17,18,20). The summed E-state index contributed by atoms with van der Waals surface area (Å²) in [6.45, 7) is 0. The van der Waals surface area contributed by atoms with Crippen LogP contribution < -0.4 is 10.1 Å².